The van der Waals surface area contributed by atoms with Crippen molar-refractivity contribution in [1.82, 2.24) is 0 Å². The van der Waals surface area contributed by atoms with Crippen LogP contribution in [0, 0.1) is 0 Å². The number of benzene rings is 2. The lowest BCUT2D eigenvalue weighted by Gasteiger charge is -2.05. The van der Waals surface area contributed by atoms with E-state index in [1.807, 2.05) is 54.6 Å². The summed E-state index contributed by atoms with van der Waals surface area (Å²) in [6, 6.07) is 16.8. The van der Waals surface area contributed by atoms with Crippen molar-refractivity contribution >= 4 is 17.4 Å². The molecule has 2 aromatic rings. The largest absolute Gasteiger partial charge is 0.376 e. The van der Waals surface area contributed by atoms with Gasteiger partial charge in [0.25, 0.3) is 0 Å². The van der Waals surface area contributed by atoms with Crippen molar-refractivity contribution in [1.29, 1.82) is 0 Å². The van der Waals surface area contributed by atoms with Gasteiger partial charge in [0.05, 0.1) is 13.2 Å². The van der Waals surface area contributed by atoms with E-state index in [0.717, 1.165) is 11.1 Å². The van der Waals surface area contributed by atoms with Gasteiger partial charge in [-0.25, -0.2) is 0 Å². The van der Waals surface area contributed by atoms with Gasteiger partial charge in [-0.3, -0.25) is 4.79 Å². The number of ketones is 1. The van der Waals surface area contributed by atoms with E-state index in [1.165, 1.54) is 0 Å². The molecular formula is C16H15ClO2. The van der Waals surface area contributed by atoms with Gasteiger partial charge in [0.2, 0.25) is 0 Å². The van der Waals surface area contributed by atoms with Crippen molar-refractivity contribution in [2.24, 2.45) is 0 Å². The zero-order chi connectivity index (χ0) is 13.5. The first-order chi connectivity index (χ1) is 9.27. The third kappa shape index (κ3) is 4.19. The van der Waals surface area contributed by atoms with E-state index in [0.29, 0.717) is 24.7 Å². The summed E-state index contributed by atoms with van der Waals surface area (Å²) in [5.41, 5.74) is 1.67. The van der Waals surface area contributed by atoms with Gasteiger partial charge in [-0.05, 0) is 11.6 Å². The number of carbonyl (C=O) groups excluding carboxylic acids is 1. The van der Waals surface area contributed by atoms with Gasteiger partial charge in [0, 0.05) is 17.0 Å². The smallest absolute Gasteiger partial charge is 0.165 e. The molecule has 0 saturated heterocycles. The molecule has 0 N–H and O–H groups in total. The first kappa shape index (κ1) is 13.8. The number of hydrogen-bond donors (Lipinski definition) is 0. The van der Waals surface area contributed by atoms with Crippen molar-refractivity contribution in [3.63, 3.8) is 0 Å². The minimum atomic E-state index is 0.0970. The molecule has 0 heterocycles. The van der Waals surface area contributed by atoms with Gasteiger partial charge >= 0.3 is 0 Å². The summed E-state index contributed by atoms with van der Waals surface area (Å²) in [6.07, 6.45) is 0.383. The lowest BCUT2D eigenvalue weighted by molar-refractivity contribution is 0.0849. The molecule has 0 saturated carbocycles. The third-order valence-corrected chi connectivity index (χ3v) is 3.15. The maximum Gasteiger partial charge on any atom is 0.165 e. The van der Waals surface area contributed by atoms with Crippen LogP contribution >= 0.6 is 11.6 Å². The fraction of sp³-hybridized carbons (Fsp3) is 0.188. The lowest BCUT2D eigenvalue weighted by atomic mass is 10.1. The first-order valence-corrected chi connectivity index (χ1v) is 6.54. The molecule has 0 atom stereocenters. The van der Waals surface area contributed by atoms with Crippen molar-refractivity contribution in [3.8, 4) is 0 Å². The van der Waals surface area contributed by atoms with Gasteiger partial charge in [-0.15, -0.1) is 0 Å². The van der Waals surface area contributed by atoms with E-state index in [9.17, 15) is 4.79 Å². The Morgan fingerprint density at radius 1 is 1.00 bits per heavy atom. The molecule has 0 bridgehead atoms. The van der Waals surface area contributed by atoms with Crippen LogP contribution in [0.3, 0.4) is 0 Å². The number of rotatable bonds is 6. The maximum atomic E-state index is 11.8. The monoisotopic (exact) mass is 274 g/mol. The average molecular weight is 275 g/mol. The maximum absolute atomic E-state index is 11.8. The molecule has 2 aromatic carbocycles. The van der Waals surface area contributed by atoms with Crippen LogP contribution < -0.4 is 0 Å². The van der Waals surface area contributed by atoms with Gasteiger partial charge in [0.15, 0.2) is 5.78 Å². The van der Waals surface area contributed by atoms with Gasteiger partial charge in [-0.1, -0.05) is 60.1 Å². The fourth-order valence-electron chi connectivity index (χ4n) is 1.73. The topological polar surface area (TPSA) is 26.3 Å². The molecule has 0 aliphatic heterocycles. The summed E-state index contributed by atoms with van der Waals surface area (Å²) in [4.78, 5) is 11.8. The van der Waals surface area contributed by atoms with Crippen LogP contribution in [0.25, 0.3) is 0 Å². The summed E-state index contributed by atoms with van der Waals surface area (Å²) < 4.78 is 5.49. The number of Topliss-reactive ketones (excluding diaryl/α,β-unsaturated/α-hetero) is 1. The van der Waals surface area contributed by atoms with E-state index in [1.54, 1.807) is 0 Å². The van der Waals surface area contributed by atoms with Crippen molar-refractivity contribution in [2.75, 3.05) is 6.61 Å². The van der Waals surface area contributed by atoms with E-state index < -0.39 is 0 Å². The zero-order valence-corrected chi connectivity index (χ0v) is 11.3. The molecule has 98 valence electrons. The van der Waals surface area contributed by atoms with Crippen LogP contribution in [0.15, 0.2) is 54.6 Å². The minimum absolute atomic E-state index is 0.0970. The Balaban J connectivity index is 1.76. The Hall–Kier alpha value is -1.64. The number of ether oxygens (including phenoxy) is 1. The summed E-state index contributed by atoms with van der Waals surface area (Å²) in [5, 5.41) is 0.692. The zero-order valence-electron chi connectivity index (χ0n) is 10.5. The fourth-order valence-corrected chi connectivity index (χ4v) is 1.92. The Morgan fingerprint density at radius 2 is 1.68 bits per heavy atom. The minimum Gasteiger partial charge on any atom is -0.376 e. The predicted molar refractivity (Wildman–Crippen MR) is 76.5 cm³/mol. The van der Waals surface area contributed by atoms with Crippen LogP contribution in [-0.4, -0.2) is 12.4 Å². The highest BCUT2D eigenvalue weighted by atomic mass is 35.5. The highest BCUT2D eigenvalue weighted by molar-refractivity contribution is 6.31. The number of hydrogen-bond acceptors (Lipinski definition) is 2. The number of halogens is 1. The summed E-state index contributed by atoms with van der Waals surface area (Å²) in [6.45, 7) is 0.834. The molecule has 0 aliphatic carbocycles. The second-order valence-electron chi connectivity index (χ2n) is 4.18. The molecule has 0 spiro atoms. The Labute approximate surface area is 118 Å². The first-order valence-electron chi connectivity index (χ1n) is 6.17. The molecule has 0 radical (unpaired) electrons. The lowest BCUT2D eigenvalue weighted by Crippen LogP contribution is -2.05. The molecule has 19 heavy (non-hydrogen) atoms. The van der Waals surface area contributed by atoms with E-state index in [-0.39, 0.29) is 5.78 Å². The molecule has 2 nitrogen and oxygen atoms in total. The van der Waals surface area contributed by atoms with Crippen LogP contribution in [-0.2, 0) is 11.3 Å². The summed E-state index contributed by atoms with van der Waals surface area (Å²) >= 11 is 6.01. The SMILES string of the molecule is O=C(CCOCc1ccccc1Cl)c1ccccc1. The Bertz CT molecular complexity index is 537. The standard InChI is InChI=1S/C16H15ClO2/c17-15-9-5-4-8-14(15)12-19-11-10-16(18)13-6-2-1-3-7-13/h1-9H,10-12H2. The van der Waals surface area contributed by atoms with Gasteiger partial charge in [-0.2, -0.15) is 0 Å². The molecule has 0 fully saturated rings. The summed E-state index contributed by atoms with van der Waals surface area (Å²) in [7, 11) is 0. The Kier molecular flexibility index (Phi) is 5.13. The van der Waals surface area contributed by atoms with E-state index in [4.69, 9.17) is 16.3 Å². The molecule has 0 amide bonds. The highest BCUT2D eigenvalue weighted by Crippen LogP contribution is 2.15. The number of carbonyl (C=O) groups is 1. The van der Waals surface area contributed by atoms with Gasteiger partial charge < -0.3 is 4.74 Å². The van der Waals surface area contributed by atoms with Crippen LogP contribution in [0.2, 0.25) is 5.02 Å². The predicted octanol–water partition coefficient (Wildman–Crippen LogP) is 4.13. The van der Waals surface area contributed by atoms with E-state index in [2.05, 4.69) is 0 Å². The molecule has 0 aromatic heterocycles. The second-order valence-corrected chi connectivity index (χ2v) is 4.59. The van der Waals surface area contributed by atoms with Gasteiger partial charge in [0.1, 0.15) is 0 Å². The van der Waals surface area contributed by atoms with E-state index >= 15 is 0 Å². The second kappa shape index (κ2) is 7.07. The Morgan fingerprint density at radius 3 is 2.42 bits per heavy atom. The van der Waals surface area contributed by atoms with Crippen molar-refractivity contribution < 1.29 is 9.53 Å². The van der Waals surface area contributed by atoms with Crippen LogP contribution in [0.4, 0.5) is 0 Å². The molecule has 0 unspecified atom stereocenters. The van der Waals surface area contributed by atoms with Crippen LogP contribution in [0.5, 0.6) is 0 Å². The quantitative estimate of drug-likeness (QED) is 0.585. The van der Waals surface area contributed by atoms with Crippen molar-refractivity contribution in [2.45, 2.75) is 13.0 Å². The molecular weight excluding hydrogens is 260 g/mol. The normalized spacial score (nSPS) is 10.4. The highest BCUT2D eigenvalue weighted by Gasteiger charge is 2.05. The molecule has 0 aliphatic rings. The van der Waals surface area contributed by atoms with Crippen molar-refractivity contribution in [3.05, 3.63) is 70.7 Å². The summed E-state index contributed by atoms with van der Waals surface area (Å²) in [5.74, 6) is 0.0970. The molecule has 2 rings (SSSR count). The molecule has 3 heteroatoms. The van der Waals surface area contributed by atoms with Crippen LogP contribution in [0.1, 0.15) is 22.3 Å². The average Bonchev–Trinajstić information content (AvgIpc) is 2.46. The third-order valence-electron chi connectivity index (χ3n) is 2.78.